The summed E-state index contributed by atoms with van der Waals surface area (Å²) in [6.45, 7) is 0. The molecule has 3 N–H and O–H groups in total. The number of amides is 2. The number of benzene rings is 2. The number of halogens is 3. The van der Waals surface area contributed by atoms with Gasteiger partial charge in [0.25, 0.3) is 11.8 Å². The highest BCUT2D eigenvalue weighted by molar-refractivity contribution is 5.99. The van der Waals surface area contributed by atoms with E-state index in [2.05, 4.69) is 5.10 Å². The van der Waals surface area contributed by atoms with Crippen molar-refractivity contribution in [3.8, 4) is 11.4 Å². The molecule has 0 spiro atoms. The van der Waals surface area contributed by atoms with Crippen LogP contribution >= 0.6 is 0 Å². The fourth-order valence-corrected chi connectivity index (χ4v) is 2.32. The zero-order valence-corrected chi connectivity index (χ0v) is 14.1. The van der Waals surface area contributed by atoms with Crippen LogP contribution in [0.4, 0.5) is 13.2 Å². The predicted octanol–water partition coefficient (Wildman–Crippen LogP) is 2.67. The van der Waals surface area contributed by atoms with Crippen LogP contribution in [0.5, 0.6) is 5.75 Å². The molecule has 2 aromatic carbocycles. The van der Waals surface area contributed by atoms with Gasteiger partial charge in [0, 0.05) is 5.56 Å². The largest absolute Gasteiger partial charge is 0.504 e. The molecule has 28 heavy (non-hydrogen) atoms. The summed E-state index contributed by atoms with van der Waals surface area (Å²) in [6, 6.07) is 12.4. The molecule has 0 unspecified atom stereocenters. The minimum absolute atomic E-state index is 0.297. The van der Waals surface area contributed by atoms with E-state index in [1.165, 1.54) is 16.9 Å². The first-order chi connectivity index (χ1) is 13.3. The number of aromatic hydroxyl groups is 1. The van der Waals surface area contributed by atoms with Gasteiger partial charge in [-0.15, -0.1) is 0 Å². The maximum absolute atomic E-state index is 12.7. The van der Waals surface area contributed by atoms with E-state index >= 15 is 0 Å². The van der Waals surface area contributed by atoms with Gasteiger partial charge in [-0.2, -0.15) is 18.3 Å². The summed E-state index contributed by atoms with van der Waals surface area (Å²) in [7, 11) is 0. The van der Waals surface area contributed by atoms with Crippen molar-refractivity contribution in [3.63, 3.8) is 0 Å². The summed E-state index contributed by atoms with van der Waals surface area (Å²) in [5, 5.41) is 13.8. The number of hydrogen-bond acceptors (Lipinski definition) is 4. The Balaban J connectivity index is 1.69. The van der Waals surface area contributed by atoms with Crippen LogP contribution in [-0.4, -0.2) is 26.7 Å². The van der Waals surface area contributed by atoms with Gasteiger partial charge in [-0.25, -0.2) is 4.68 Å². The first kappa shape index (κ1) is 19.0. The van der Waals surface area contributed by atoms with Gasteiger partial charge in [0.05, 0.1) is 17.4 Å². The monoisotopic (exact) mass is 390 g/mol. The van der Waals surface area contributed by atoms with Gasteiger partial charge in [0.15, 0.2) is 11.4 Å². The minimum Gasteiger partial charge on any atom is -0.504 e. The molecule has 2 amide bonds. The Bertz CT molecular complexity index is 1020. The molecule has 3 aromatic rings. The van der Waals surface area contributed by atoms with Crippen LogP contribution in [0.2, 0.25) is 0 Å². The van der Waals surface area contributed by atoms with Crippen molar-refractivity contribution in [2.45, 2.75) is 6.18 Å². The number of rotatable bonds is 3. The number of nitrogens with zero attached hydrogens (tertiary/aromatic N) is 2. The van der Waals surface area contributed by atoms with E-state index in [9.17, 15) is 27.9 Å². The third-order valence-electron chi connectivity index (χ3n) is 3.67. The normalized spacial score (nSPS) is 11.1. The fourth-order valence-electron chi connectivity index (χ4n) is 2.32. The molecule has 1 aromatic heterocycles. The maximum atomic E-state index is 12.7. The lowest BCUT2D eigenvalue weighted by Gasteiger charge is -2.09. The molecule has 3 rings (SSSR count). The second-order valence-corrected chi connectivity index (χ2v) is 5.63. The maximum Gasteiger partial charge on any atom is 0.416 e. The van der Waals surface area contributed by atoms with Crippen LogP contribution < -0.4 is 10.9 Å². The summed E-state index contributed by atoms with van der Waals surface area (Å²) in [5.74, 6) is -2.33. The first-order valence-corrected chi connectivity index (χ1v) is 7.87. The Morgan fingerprint density at radius 1 is 0.964 bits per heavy atom. The molecular weight excluding hydrogens is 377 g/mol. The average molecular weight is 390 g/mol. The predicted molar refractivity (Wildman–Crippen MR) is 91.6 cm³/mol. The lowest BCUT2D eigenvalue weighted by molar-refractivity contribution is -0.137. The van der Waals surface area contributed by atoms with Gasteiger partial charge >= 0.3 is 6.18 Å². The molecule has 0 bridgehead atoms. The van der Waals surface area contributed by atoms with Crippen LogP contribution in [0.3, 0.4) is 0 Å². The quantitative estimate of drug-likeness (QED) is 0.599. The van der Waals surface area contributed by atoms with Gasteiger partial charge in [0.2, 0.25) is 0 Å². The van der Waals surface area contributed by atoms with E-state index in [1.54, 1.807) is 30.3 Å². The molecule has 10 heteroatoms. The van der Waals surface area contributed by atoms with Crippen molar-refractivity contribution in [3.05, 3.63) is 77.6 Å². The molecule has 0 aliphatic carbocycles. The highest BCUT2D eigenvalue weighted by atomic mass is 19.4. The van der Waals surface area contributed by atoms with Gasteiger partial charge in [-0.05, 0) is 30.3 Å². The third-order valence-corrected chi connectivity index (χ3v) is 3.67. The highest BCUT2D eigenvalue weighted by Crippen LogP contribution is 2.29. The zero-order valence-electron chi connectivity index (χ0n) is 14.1. The van der Waals surface area contributed by atoms with Crippen LogP contribution in [0.1, 0.15) is 26.4 Å². The summed E-state index contributed by atoms with van der Waals surface area (Å²) < 4.78 is 39.4. The third kappa shape index (κ3) is 4.11. The summed E-state index contributed by atoms with van der Waals surface area (Å²) >= 11 is 0. The van der Waals surface area contributed by atoms with Gasteiger partial charge in [-0.3, -0.25) is 20.4 Å². The minimum atomic E-state index is -4.60. The smallest absolute Gasteiger partial charge is 0.416 e. The van der Waals surface area contributed by atoms with Gasteiger partial charge < -0.3 is 5.11 Å². The van der Waals surface area contributed by atoms with Crippen LogP contribution in [0.15, 0.2) is 60.8 Å². The van der Waals surface area contributed by atoms with Crippen molar-refractivity contribution in [2.24, 2.45) is 0 Å². The van der Waals surface area contributed by atoms with Crippen molar-refractivity contribution in [2.75, 3.05) is 0 Å². The highest BCUT2D eigenvalue weighted by Gasteiger charge is 2.31. The molecule has 0 saturated carbocycles. The van der Waals surface area contributed by atoms with E-state index in [1.807, 2.05) is 10.9 Å². The topological polar surface area (TPSA) is 96.3 Å². The van der Waals surface area contributed by atoms with E-state index in [0.29, 0.717) is 11.8 Å². The Hall–Kier alpha value is -3.82. The summed E-state index contributed by atoms with van der Waals surface area (Å²) in [6.07, 6.45) is -3.39. The number of hydrogen-bond donors (Lipinski definition) is 3. The van der Waals surface area contributed by atoms with Crippen molar-refractivity contribution in [1.82, 2.24) is 20.6 Å². The Kier molecular flexibility index (Phi) is 5.03. The Labute approximate surface area is 156 Å². The van der Waals surface area contributed by atoms with Crippen molar-refractivity contribution in [1.29, 1.82) is 0 Å². The number of para-hydroxylation sites is 1. The van der Waals surface area contributed by atoms with Gasteiger partial charge in [-0.1, -0.05) is 24.3 Å². The number of nitrogens with one attached hydrogen (secondary N) is 2. The van der Waals surface area contributed by atoms with E-state index in [-0.39, 0.29) is 11.3 Å². The first-order valence-electron chi connectivity index (χ1n) is 7.87. The molecule has 0 aliphatic rings. The number of alkyl halides is 3. The Morgan fingerprint density at radius 2 is 1.64 bits per heavy atom. The number of aromatic nitrogens is 2. The molecule has 0 saturated heterocycles. The van der Waals surface area contributed by atoms with Crippen molar-refractivity contribution < 1.29 is 27.9 Å². The van der Waals surface area contributed by atoms with E-state index < -0.39 is 29.3 Å². The number of carbonyl (C=O) groups is 2. The second-order valence-electron chi connectivity index (χ2n) is 5.63. The summed E-state index contributed by atoms with van der Waals surface area (Å²) in [5.41, 5.74) is 2.92. The average Bonchev–Trinajstić information content (AvgIpc) is 3.08. The van der Waals surface area contributed by atoms with Crippen molar-refractivity contribution >= 4 is 11.8 Å². The fraction of sp³-hybridized carbons (Fsp3) is 0.0556. The number of carbonyl (C=O) groups excluding carboxylic acids is 2. The number of hydrazine groups is 1. The van der Waals surface area contributed by atoms with Crippen LogP contribution in [0.25, 0.3) is 5.69 Å². The Morgan fingerprint density at radius 3 is 2.32 bits per heavy atom. The zero-order chi connectivity index (χ0) is 20.3. The van der Waals surface area contributed by atoms with Gasteiger partial charge in [0.1, 0.15) is 0 Å². The molecular formula is C18H13F3N4O3. The van der Waals surface area contributed by atoms with E-state index in [0.717, 1.165) is 12.1 Å². The molecule has 0 fully saturated rings. The summed E-state index contributed by atoms with van der Waals surface area (Å²) in [4.78, 5) is 24.1. The molecule has 144 valence electrons. The van der Waals surface area contributed by atoms with E-state index in [4.69, 9.17) is 0 Å². The van der Waals surface area contributed by atoms with Crippen LogP contribution in [-0.2, 0) is 6.18 Å². The lowest BCUT2D eigenvalue weighted by Crippen LogP contribution is -2.41. The molecule has 0 radical (unpaired) electrons. The standard InChI is InChI=1S/C18H13F3N4O3/c19-18(20,21)12-6-4-5-11(9-12)16(27)22-23-17(28)15-14(26)10-25(24-15)13-7-2-1-3-8-13/h1-10,26H,(H,22,27)(H,23,28). The molecule has 0 aliphatic heterocycles. The van der Waals surface area contributed by atoms with Crippen LogP contribution in [0, 0.1) is 0 Å². The molecule has 7 nitrogen and oxygen atoms in total. The molecule has 1 heterocycles. The SMILES string of the molecule is O=C(NNC(=O)c1nn(-c2ccccc2)cc1O)c1cccc(C(F)(F)F)c1. The second kappa shape index (κ2) is 7.43. The molecule has 0 atom stereocenters. The lowest BCUT2D eigenvalue weighted by atomic mass is 10.1.